The van der Waals surface area contributed by atoms with E-state index in [0.29, 0.717) is 17.6 Å². The van der Waals surface area contributed by atoms with Crippen LogP contribution < -0.4 is 15.8 Å². The largest absolute Gasteiger partial charge is 0.459 e. The highest BCUT2D eigenvalue weighted by Gasteiger charge is 2.62. The number of aryl methyl sites for hydroxylation is 1. The molecule has 0 aromatic carbocycles. The number of alkyl halides is 7. The van der Waals surface area contributed by atoms with Gasteiger partial charge in [-0.1, -0.05) is 6.92 Å². The van der Waals surface area contributed by atoms with Crippen LogP contribution in [0.1, 0.15) is 40.7 Å². The van der Waals surface area contributed by atoms with Gasteiger partial charge in [0.25, 0.3) is 5.91 Å². The molecule has 0 spiro atoms. The lowest BCUT2D eigenvalue weighted by atomic mass is 10.1. The summed E-state index contributed by atoms with van der Waals surface area (Å²) in [6.07, 6.45) is -2.71. The second kappa shape index (κ2) is 11.1. The first-order valence-electron chi connectivity index (χ1n) is 9.89. The number of aromatic nitrogens is 3. The summed E-state index contributed by atoms with van der Waals surface area (Å²) in [5.74, 6) is -8.77. The van der Waals surface area contributed by atoms with Crippen LogP contribution in [-0.4, -0.2) is 46.2 Å². The normalized spacial score (nSPS) is 12.8. The Kier molecular flexibility index (Phi) is 8.62. The van der Waals surface area contributed by atoms with Gasteiger partial charge in [-0.3, -0.25) is 4.79 Å². The first-order valence-corrected chi connectivity index (χ1v) is 9.89. The highest BCUT2D eigenvalue weighted by Crippen LogP contribution is 2.49. The van der Waals surface area contributed by atoms with E-state index in [0.717, 1.165) is 25.7 Å². The fourth-order valence-corrected chi connectivity index (χ4v) is 2.74. The number of hydrogen-bond donors (Lipinski definition) is 2. The van der Waals surface area contributed by atoms with E-state index in [2.05, 4.69) is 25.1 Å². The molecule has 0 fully saturated rings. The number of nitrogens with two attached hydrogens (primary N) is 1. The summed E-state index contributed by atoms with van der Waals surface area (Å²) < 4.78 is 96.3. The zero-order valence-electron chi connectivity index (χ0n) is 18.6. The number of nitrogens with one attached hydrogen (secondary N) is 1. The number of aliphatic imine (C=N–C) groups is 1. The monoisotopic (exact) mass is 521 g/mol. The molecule has 0 aliphatic carbocycles. The minimum absolute atomic E-state index is 0.0649. The standard InChI is InChI=1S/C20H18F7N7O2/c1-3-4-30-17(35)12-5-10(8-31-13(12)7-29)11(6-28)9-32-16-14(36-18(21)22)15(33-34(16)2)19(23,24)20(25,26)27/h5-6,8-9,18H,3-4,28H2,1-2H3,(H,30,35). The van der Waals surface area contributed by atoms with Gasteiger partial charge in [-0.05, 0) is 12.5 Å². The zero-order chi connectivity index (χ0) is 27.3. The average molecular weight is 521 g/mol. The summed E-state index contributed by atoms with van der Waals surface area (Å²) in [6, 6.07) is 2.95. The van der Waals surface area contributed by atoms with E-state index < -0.39 is 41.9 Å². The van der Waals surface area contributed by atoms with Gasteiger partial charge in [0.15, 0.2) is 23.0 Å². The van der Waals surface area contributed by atoms with Gasteiger partial charge in [-0.25, -0.2) is 14.7 Å². The maximum Gasteiger partial charge on any atom is 0.459 e. The van der Waals surface area contributed by atoms with Crippen molar-refractivity contribution in [1.82, 2.24) is 20.1 Å². The highest BCUT2D eigenvalue weighted by atomic mass is 19.4. The van der Waals surface area contributed by atoms with E-state index in [1.54, 1.807) is 13.0 Å². The molecule has 0 saturated heterocycles. The number of allylic oxidation sites excluding steroid dienone is 1. The van der Waals surface area contributed by atoms with Crippen molar-refractivity contribution in [1.29, 1.82) is 5.26 Å². The summed E-state index contributed by atoms with van der Waals surface area (Å²) in [4.78, 5) is 19.9. The van der Waals surface area contributed by atoms with Crippen molar-refractivity contribution in [3.8, 4) is 11.8 Å². The molecular formula is C20H18F7N7O2. The Morgan fingerprint density at radius 3 is 2.56 bits per heavy atom. The zero-order valence-corrected chi connectivity index (χ0v) is 18.6. The highest BCUT2D eigenvalue weighted by molar-refractivity contribution is 6.11. The SMILES string of the molecule is CCCNC(=O)c1cc(C(C=Nc2c(OC(F)F)c(C(F)(F)C(F)(F)F)nn2C)=CN)cnc1C#N. The number of carbonyl (C=O) groups excluding carboxylic acids is 1. The molecule has 36 heavy (non-hydrogen) atoms. The molecule has 2 aromatic heterocycles. The Morgan fingerprint density at radius 1 is 1.36 bits per heavy atom. The predicted octanol–water partition coefficient (Wildman–Crippen LogP) is 3.78. The van der Waals surface area contributed by atoms with Crippen LogP contribution in [0.4, 0.5) is 36.6 Å². The van der Waals surface area contributed by atoms with E-state index in [1.807, 2.05) is 0 Å². The fourth-order valence-electron chi connectivity index (χ4n) is 2.74. The van der Waals surface area contributed by atoms with Gasteiger partial charge < -0.3 is 15.8 Å². The van der Waals surface area contributed by atoms with E-state index in [9.17, 15) is 40.8 Å². The Labute approximate surface area is 199 Å². The lowest BCUT2D eigenvalue weighted by molar-refractivity contribution is -0.291. The third kappa shape index (κ3) is 5.90. The number of halogens is 7. The van der Waals surface area contributed by atoms with Crippen molar-refractivity contribution in [3.63, 3.8) is 0 Å². The summed E-state index contributed by atoms with van der Waals surface area (Å²) in [7, 11) is 0.881. The predicted molar refractivity (Wildman–Crippen MR) is 112 cm³/mol. The van der Waals surface area contributed by atoms with Gasteiger partial charge in [-0.2, -0.15) is 41.1 Å². The van der Waals surface area contributed by atoms with Crippen molar-refractivity contribution in [3.05, 3.63) is 41.0 Å². The minimum Gasteiger partial charge on any atom is -0.428 e. The maximum absolute atomic E-state index is 13.9. The lowest BCUT2D eigenvalue weighted by Crippen LogP contribution is -2.34. The lowest BCUT2D eigenvalue weighted by Gasteiger charge is -2.18. The van der Waals surface area contributed by atoms with Crippen LogP contribution in [0.25, 0.3) is 5.57 Å². The van der Waals surface area contributed by atoms with Crippen LogP contribution in [0.15, 0.2) is 23.5 Å². The number of pyridine rings is 1. The van der Waals surface area contributed by atoms with Gasteiger partial charge >= 0.3 is 18.7 Å². The molecule has 0 saturated carbocycles. The number of rotatable bonds is 9. The number of ether oxygens (including phenoxy) is 1. The molecule has 0 unspecified atom stereocenters. The second-order valence-electron chi connectivity index (χ2n) is 6.94. The quantitative estimate of drug-likeness (QED) is 0.382. The molecule has 2 rings (SSSR count). The van der Waals surface area contributed by atoms with Crippen LogP contribution in [0.5, 0.6) is 5.75 Å². The number of amides is 1. The maximum atomic E-state index is 13.9. The van der Waals surface area contributed by atoms with Crippen molar-refractivity contribution >= 4 is 23.5 Å². The van der Waals surface area contributed by atoms with Crippen molar-refractivity contribution in [2.45, 2.75) is 32.1 Å². The molecule has 0 radical (unpaired) electrons. The molecule has 194 valence electrons. The molecular weight excluding hydrogens is 503 g/mol. The van der Waals surface area contributed by atoms with Crippen LogP contribution >= 0.6 is 0 Å². The van der Waals surface area contributed by atoms with Crippen molar-refractivity contribution in [2.24, 2.45) is 17.8 Å². The Hall–Kier alpha value is -4.16. The third-order valence-electron chi connectivity index (χ3n) is 4.45. The van der Waals surface area contributed by atoms with Crippen molar-refractivity contribution < 1.29 is 40.3 Å². The van der Waals surface area contributed by atoms with Crippen LogP contribution in [0.3, 0.4) is 0 Å². The molecule has 9 nitrogen and oxygen atoms in total. The second-order valence-corrected chi connectivity index (χ2v) is 6.94. The van der Waals surface area contributed by atoms with Gasteiger partial charge in [0, 0.05) is 43.3 Å². The summed E-state index contributed by atoms with van der Waals surface area (Å²) in [5.41, 5.74) is 3.09. The van der Waals surface area contributed by atoms with E-state index in [1.165, 1.54) is 6.07 Å². The third-order valence-corrected chi connectivity index (χ3v) is 4.45. The molecule has 0 atom stereocenters. The Morgan fingerprint density at radius 2 is 2.03 bits per heavy atom. The minimum atomic E-state index is -6.16. The summed E-state index contributed by atoms with van der Waals surface area (Å²) >= 11 is 0. The summed E-state index contributed by atoms with van der Waals surface area (Å²) in [6.45, 7) is -1.68. The number of carbonyl (C=O) groups is 1. The fraction of sp³-hybridized carbons (Fsp3) is 0.350. The molecule has 0 bridgehead atoms. The van der Waals surface area contributed by atoms with Crippen molar-refractivity contribution in [2.75, 3.05) is 6.54 Å². The topological polar surface area (TPSA) is 131 Å². The molecule has 2 aromatic rings. The number of nitrogens with zero attached hydrogens (tertiary/aromatic N) is 5. The smallest absolute Gasteiger partial charge is 0.428 e. The average Bonchev–Trinajstić information content (AvgIpc) is 3.11. The first-order chi connectivity index (χ1) is 16.8. The van der Waals surface area contributed by atoms with Gasteiger partial charge in [0.2, 0.25) is 0 Å². The van der Waals surface area contributed by atoms with Gasteiger partial charge in [0.1, 0.15) is 6.07 Å². The summed E-state index contributed by atoms with van der Waals surface area (Å²) in [5, 5.41) is 14.7. The van der Waals surface area contributed by atoms with E-state index >= 15 is 0 Å². The van der Waals surface area contributed by atoms with Crippen LogP contribution in [0.2, 0.25) is 0 Å². The number of hydrogen-bond acceptors (Lipinski definition) is 7. The Bertz CT molecular complexity index is 1210. The molecule has 0 aliphatic heterocycles. The van der Waals surface area contributed by atoms with Gasteiger partial charge in [-0.15, -0.1) is 0 Å². The van der Waals surface area contributed by atoms with Gasteiger partial charge in [0.05, 0.1) is 5.56 Å². The molecule has 2 heterocycles. The number of nitriles is 1. The Balaban J connectivity index is 2.56. The van der Waals surface area contributed by atoms with E-state index in [4.69, 9.17) is 5.73 Å². The molecule has 3 N–H and O–H groups in total. The van der Waals surface area contributed by atoms with Crippen LogP contribution in [0, 0.1) is 11.3 Å². The molecule has 0 aliphatic rings. The van der Waals surface area contributed by atoms with Crippen LogP contribution in [-0.2, 0) is 13.0 Å². The molecule has 16 heteroatoms. The van der Waals surface area contributed by atoms with E-state index in [-0.39, 0.29) is 22.4 Å². The first kappa shape index (κ1) is 28.1. The molecule has 1 amide bonds.